The molecule has 0 aromatic carbocycles. The van der Waals surface area contributed by atoms with Gasteiger partial charge in [-0.05, 0) is 50.5 Å². The molecule has 0 bridgehead atoms. The van der Waals surface area contributed by atoms with E-state index in [1.54, 1.807) is 6.08 Å². The molecule has 6 heteroatoms. The molecule has 2 saturated heterocycles. The maximum Gasteiger partial charge on any atom is 0.309 e. The van der Waals surface area contributed by atoms with Gasteiger partial charge < -0.3 is 14.2 Å². The minimum atomic E-state index is -0.424. The first-order chi connectivity index (χ1) is 14.2. The highest BCUT2D eigenvalue weighted by atomic mass is 16.6. The van der Waals surface area contributed by atoms with E-state index in [1.807, 2.05) is 0 Å². The van der Waals surface area contributed by atoms with Gasteiger partial charge in [-0.1, -0.05) is 19.4 Å². The van der Waals surface area contributed by atoms with Gasteiger partial charge in [0, 0.05) is 29.6 Å². The minimum Gasteiger partial charge on any atom is -0.469 e. The van der Waals surface area contributed by atoms with Crippen LogP contribution in [0, 0.1) is 28.6 Å². The Kier molecular flexibility index (Phi) is 3.53. The molecule has 0 unspecified atom stereocenters. The van der Waals surface area contributed by atoms with Crippen molar-refractivity contribution in [3.8, 4) is 0 Å². The first kappa shape index (κ1) is 19.0. The van der Waals surface area contributed by atoms with Crippen LogP contribution >= 0.6 is 0 Å². The molecule has 6 aliphatic rings. The minimum absolute atomic E-state index is 0.0303. The summed E-state index contributed by atoms with van der Waals surface area (Å²) >= 11 is 0. The standard InChI is InChI=1S/C24H30O6/c1-21-7-4-14(25)10-13(21)11-15(20(27)28-3)19-16-5-8-23(9-6-18(26)30-23)22(16,2)12-17-24(19,21)29-17/h10,15-17,19H,4-9,11-12H2,1-3H3/t15-,16-,17+,19-,21+,22-,23-,24+/m1/s1. The highest BCUT2D eigenvalue weighted by Crippen LogP contribution is 2.78. The van der Waals surface area contributed by atoms with Crippen LogP contribution in [-0.4, -0.2) is 42.1 Å². The number of fused-ring (bicyclic) bond motifs is 4. The average molecular weight is 414 g/mol. The average Bonchev–Trinajstić information content (AvgIpc) is 3.20. The van der Waals surface area contributed by atoms with Crippen LogP contribution < -0.4 is 0 Å². The summed E-state index contributed by atoms with van der Waals surface area (Å²) in [5, 5.41) is 0. The third kappa shape index (κ3) is 1.94. The number of hydrogen-bond acceptors (Lipinski definition) is 6. The van der Waals surface area contributed by atoms with Crippen LogP contribution in [0.3, 0.4) is 0 Å². The number of epoxide rings is 1. The quantitative estimate of drug-likeness (QED) is 0.484. The molecule has 162 valence electrons. The van der Waals surface area contributed by atoms with E-state index in [1.165, 1.54) is 7.11 Å². The summed E-state index contributed by atoms with van der Waals surface area (Å²) < 4.78 is 17.9. The van der Waals surface area contributed by atoms with E-state index in [9.17, 15) is 14.4 Å². The van der Waals surface area contributed by atoms with Gasteiger partial charge in [0.2, 0.25) is 0 Å². The first-order valence-electron chi connectivity index (χ1n) is 11.4. The molecular weight excluding hydrogens is 384 g/mol. The van der Waals surface area contributed by atoms with Gasteiger partial charge in [0.25, 0.3) is 0 Å². The zero-order valence-electron chi connectivity index (χ0n) is 18.0. The molecule has 2 aliphatic heterocycles. The van der Waals surface area contributed by atoms with Crippen molar-refractivity contribution >= 4 is 17.7 Å². The van der Waals surface area contributed by atoms with E-state index < -0.39 is 11.2 Å². The molecule has 6 nitrogen and oxygen atoms in total. The van der Waals surface area contributed by atoms with Crippen LogP contribution in [-0.2, 0) is 28.6 Å². The second-order valence-electron chi connectivity index (χ2n) is 11.0. The number of esters is 2. The smallest absolute Gasteiger partial charge is 0.309 e. The predicted molar refractivity (Wildman–Crippen MR) is 105 cm³/mol. The van der Waals surface area contributed by atoms with E-state index in [2.05, 4.69) is 13.8 Å². The maximum atomic E-state index is 13.0. The van der Waals surface area contributed by atoms with E-state index in [0.29, 0.717) is 19.3 Å². The number of hydrogen-bond donors (Lipinski definition) is 0. The molecule has 2 spiro atoms. The Morgan fingerprint density at radius 1 is 1.17 bits per heavy atom. The van der Waals surface area contributed by atoms with Gasteiger partial charge in [-0.2, -0.15) is 0 Å². The molecule has 6 rings (SSSR count). The van der Waals surface area contributed by atoms with Crippen LogP contribution in [0.2, 0.25) is 0 Å². The normalized spacial score (nSPS) is 53.2. The lowest BCUT2D eigenvalue weighted by atomic mass is 9.43. The molecule has 3 saturated carbocycles. The van der Waals surface area contributed by atoms with Crippen LogP contribution in [0.15, 0.2) is 11.6 Å². The second-order valence-corrected chi connectivity index (χ2v) is 11.0. The largest absolute Gasteiger partial charge is 0.469 e. The van der Waals surface area contributed by atoms with Crippen LogP contribution in [0.25, 0.3) is 0 Å². The van der Waals surface area contributed by atoms with Crippen molar-refractivity contribution in [2.75, 3.05) is 7.11 Å². The fraction of sp³-hybridized carbons (Fsp3) is 0.792. The monoisotopic (exact) mass is 414 g/mol. The number of rotatable bonds is 1. The highest BCUT2D eigenvalue weighted by Gasteiger charge is 2.83. The number of ether oxygens (including phenoxy) is 3. The summed E-state index contributed by atoms with van der Waals surface area (Å²) in [6.07, 6.45) is 7.61. The van der Waals surface area contributed by atoms with Gasteiger partial charge >= 0.3 is 11.9 Å². The zero-order valence-corrected chi connectivity index (χ0v) is 18.0. The number of methoxy groups -OCH3 is 1. The van der Waals surface area contributed by atoms with Crippen molar-refractivity contribution in [3.05, 3.63) is 11.6 Å². The third-order valence-electron chi connectivity index (χ3n) is 10.2. The highest BCUT2D eigenvalue weighted by molar-refractivity contribution is 5.92. The van der Waals surface area contributed by atoms with E-state index in [4.69, 9.17) is 14.2 Å². The van der Waals surface area contributed by atoms with Crippen molar-refractivity contribution < 1.29 is 28.6 Å². The van der Waals surface area contributed by atoms with Gasteiger partial charge in [0.1, 0.15) is 11.2 Å². The van der Waals surface area contributed by atoms with Crippen LogP contribution in [0.4, 0.5) is 0 Å². The van der Waals surface area contributed by atoms with Crippen molar-refractivity contribution in [2.24, 2.45) is 28.6 Å². The molecule has 8 atom stereocenters. The molecule has 30 heavy (non-hydrogen) atoms. The topological polar surface area (TPSA) is 82.2 Å². The first-order valence-corrected chi connectivity index (χ1v) is 11.4. The molecule has 0 aromatic heterocycles. The molecular formula is C24H30O6. The van der Waals surface area contributed by atoms with E-state index in [0.717, 1.165) is 37.7 Å². The molecule has 5 fully saturated rings. The SMILES string of the molecule is COC(=O)[C@@H]1CC2=CC(=O)CC[C@]2(C)[C@]23O[C@H]2C[C@]2(C)[C@H](CC[C@@]24CCC(=O)O4)[C@@H]13. The van der Waals surface area contributed by atoms with Crippen LogP contribution in [0.1, 0.15) is 65.2 Å². The molecule has 2 heterocycles. The molecule has 0 N–H and O–H groups in total. The van der Waals surface area contributed by atoms with Crippen LogP contribution in [0.5, 0.6) is 0 Å². The van der Waals surface area contributed by atoms with Crippen molar-refractivity contribution in [2.45, 2.75) is 82.5 Å². The van der Waals surface area contributed by atoms with Gasteiger partial charge in [0.15, 0.2) is 5.78 Å². The van der Waals surface area contributed by atoms with Crippen molar-refractivity contribution in [1.82, 2.24) is 0 Å². The zero-order chi connectivity index (χ0) is 21.1. The maximum absolute atomic E-state index is 13.0. The van der Waals surface area contributed by atoms with Gasteiger partial charge in [-0.15, -0.1) is 0 Å². The fourth-order valence-corrected chi connectivity index (χ4v) is 8.69. The second kappa shape index (κ2) is 5.56. The molecule has 0 aromatic rings. The number of carbonyl (C=O) groups excluding carboxylic acids is 3. The van der Waals surface area contributed by atoms with Gasteiger partial charge in [-0.25, -0.2) is 0 Å². The summed E-state index contributed by atoms with van der Waals surface area (Å²) in [6, 6.07) is 0. The lowest BCUT2D eigenvalue weighted by molar-refractivity contribution is -0.172. The number of carbonyl (C=O) groups is 3. The fourth-order valence-electron chi connectivity index (χ4n) is 8.69. The van der Waals surface area contributed by atoms with E-state index in [-0.39, 0.29) is 52.4 Å². The van der Waals surface area contributed by atoms with Gasteiger partial charge in [-0.3, -0.25) is 14.4 Å². The Bertz CT molecular complexity index is 907. The van der Waals surface area contributed by atoms with E-state index >= 15 is 0 Å². The third-order valence-corrected chi connectivity index (χ3v) is 10.2. The predicted octanol–water partition coefficient (Wildman–Crippen LogP) is 3.12. The summed E-state index contributed by atoms with van der Waals surface area (Å²) in [7, 11) is 1.45. The van der Waals surface area contributed by atoms with Crippen molar-refractivity contribution in [3.63, 3.8) is 0 Å². The molecule has 0 amide bonds. The summed E-state index contributed by atoms with van der Waals surface area (Å²) in [4.78, 5) is 37.4. The summed E-state index contributed by atoms with van der Waals surface area (Å²) in [6.45, 7) is 4.51. The molecule has 4 aliphatic carbocycles. The summed E-state index contributed by atoms with van der Waals surface area (Å²) in [5.41, 5.74) is -0.175. The Morgan fingerprint density at radius 3 is 2.67 bits per heavy atom. The molecule has 0 radical (unpaired) electrons. The number of ketones is 1. The lowest BCUT2D eigenvalue weighted by Crippen LogP contribution is -2.63. The van der Waals surface area contributed by atoms with Gasteiger partial charge in [0.05, 0.1) is 19.1 Å². The Labute approximate surface area is 176 Å². The van der Waals surface area contributed by atoms with Crippen molar-refractivity contribution in [1.29, 1.82) is 0 Å². The Hall–Kier alpha value is -1.69. The lowest BCUT2D eigenvalue weighted by Gasteiger charge is -2.58. The Balaban J connectivity index is 1.49. The Morgan fingerprint density at radius 2 is 1.97 bits per heavy atom. The summed E-state index contributed by atoms with van der Waals surface area (Å²) in [5.74, 6) is -0.201.